The Morgan fingerprint density at radius 3 is 3.26 bits per heavy atom. The summed E-state index contributed by atoms with van der Waals surface area (Å²) in [5.74, 6) is 2.04. The van der Waals surface area contributed by atoms with Gasteiger partial charge in [0.1, 0.15) is 5.82 Å². The maximum atomic E-state index is 6.19. The Morgan fingerprint density at radius 2 is 2.37 bits per heavy atom. The van der Waals surface area contributed by atoms with Gasteiger partial charge in [-0.1, -0.05) is 0 Å². The predicted molar refractivity (Wildman–Crippen MR) is 68.8 cm³/mol. The van der Waals surface area contributed by atoms with Gasteiger partial charge >= 0.3 is 0 Å². The Hall–Kier alpha value is -1.73. The molecule has 4 rings (SSSR count). The number of hydrogen-bond acceptors (Lipinski definition) is 6. The number of fused-ring (bicyclic) bond motifs is 2. The highest BCUT2D eigenvalue weighted by atomic mass is 16.5. The number of rotatable bonds is 2. The van der Waals surface area contributed by atoms with Crippen molar-refractivity contribution >= 4 is 11.5 Å². The van der Waals surface area contributed by atoms with E-state index in [-0.39, 0.29) is 18.2 Å². The highest BCUT2D eigenvalue weighted by Gasteiger charge is 2.52. The molecule has 7 heteroatoms. The fraction of sp³-hybridized carbons (Fsp3) is 0.583. The minimum atomic E-state index is 0.114. The summed E-state index contributed by atoms with van der Waals surface area (Å²) in [6.07, 6.45) is 4.86. The molecule has 3 N–H and O–H groups in total. The molecule has 7 nitrogen and oxygen atoms in total. The van der Waals surface area contributed by atoms with E-state index in [2.05, 4.69) is 20.5 Å². The van der Waals surface area contributed by atoms with Crippen molar-refractivity contribution in [3.05, 3.63) is 18.2 Å². The fourth-order valence-electron chi connectivity index (χ4n) is 3.13. The average Bonchev–Trinajstić information content (AvgIpc) is 3.01. The van der Waals surface area contributed by atoms with Crippen LogP contribution in [0.5, 0.6) is 0 Å². The van der Waals surface area contributed by atoms with Gasteiger partial charge in [-0.05, 0) is 13.3 Å². The average molecular weight is 260 g/mol. The quantitative estimate of drug-likeness (QED) is 0.787. The zero-order valence-electron chi connectivity index (χ0n) is 10.7. The van der Waals surface area contributed by atoms with E-state index in [0.29, 0.717) is 5.92 Å². The molecule has 2 aliphatic rings. The summed E-state index contributed by atoms with van der Waals surface area (Å²) in [4.78, 5) is 4.35. The van der Waals surface area contributed by atoms with E-state index in [9.17, 15) is 0 Å². The molecule has 4 atom stereocenters. The van der Waals surface area contributed by atoms with Crippen LogP contribution in [0.15, 0.2) is 12.4 Å². The molecule has 2 aromatic heterocycles. The minimum absolute atomic E-state index is 0.114. The number of nitrogens with zero attached hydrogens (tertiary/aromatic N) is 4. The zero-order valence-corrected chi connectivity index (χ0v) is 10.7. The Morgan fingerprint density at radius 1 is 1.47 bits per heavy atom. The van der Waals surface area contributed by atoms with Crippen LogP contribution in [0.1, 0.15) is 12.2 Å². The smallest absolute Gasteiger partial charge is 0.203 e. The number of nitrogens with two attached hydrogens (primary N) is 1. The van der Waals surface area contributed by atoms with Gasteiger partial charge in [-0.2, -0.15) is 0 Å². The summed E-state index contributed by atoms with van der Waals surface area (Å²) >= 11 is 0. The third-order valence-corrected chi connectivity index (χ3v) is 4.25. The van der Waals surface area contributed by atoms with E-state index in [0.717, 1.165) is 30.3 Å². The molecular weight excluding hydrogens is 244 g/mol. The van der Waals surface area contributed by atoms with Crippen LogP contribution in [0.4, 0.5) is 5.82 Å². The van der Waals surface area contributed by atoms with Gasteiger partial charge in [-0.3, -0.25) is 4.40 Å². The molecule has 1 aliphatic carbocycles. The van der Waals surface area contributed by atoms with E-state index >= 15 is 0 Å². The lowest BCUT2D eigenvalue weighted by atomic mass is 9.72. The van der Waals surface area contributed by atoms with Crippen LogP contribution in [0.2, 0.25) is 0 Å². The lowest BCUT2D eigenvalue weighted by Crippen LogP contribution is -2.65. The first-order valence-electron chi connectivity index (χ1n) is 6.56. The molecule has 0 amide bonds. The first kappa shape index (κ1) is 11.1. The van der Waals surface area contributed by atoms with Crippen LogP contribution in [0, 0.1) is 12.8 Å². The second-order valence-corrected chi connectivity index (χ2v) is 5.25. The second-order valence-electron chi connectivity index (χ2n) is 5.25. The summed E-state index contributed by atoms with van der Waals surface area (Å²) in [7, 11) is 0. The molecule has 19 heavy (non-hydrogen) atoms. The molecule has 1 saturated heterocycles. The van der Waals surface area contributed by atoms with Gasteiger partial charge in [0.2, 0.25) is 5.65 Å². The van der Waals surface area contributed by atoms with Crippen LogP contribution >= 0.6 is 0 Å². The number of hydrogen-bond donors (Lipinski definition) is 2. The van der Waals surface area contributed by atoms with E-state index < -0.39 is 0 Å². The lowest BCUT2D eigenvalue weighted by molar-refractivity contribution is 0.00527. The molecule has 0 spiro atoms. The molecule has 3 heterocycles. The number of anilines is 1. The summed E-state index contributed by atoms with van der Waals surface area (Å²) in [6.45, 7) is 2.72. The summed E-state index contributed by atoms with van der Waals surface area (Å²) < 4.78 is 7.62. The van der Waals surface area contributed by atoms with Crippen molar-refractivity contribution in [1.82, 2.24) is 19.6 Å². The van der Waals surface area contributed by atoms with Gasteiger partial charge in [-0.15, -0.1) is 10.2 Å². The van der Waals surface area contributed by atoms with Crippen molar-refractivity contribution in [1.29, 1.82) is 0 Å². The zero-order chi connectivity index (χ0) is 13.0. The molecule has 1 saturated carbocycles. The topological polar surface area (TPSA) is 90.4 Å². The van der Waals surface area contributed by atoms with Crippen LogP contribution < -0.4 is 11.1 Å². The fourth-order valence-corrected chi connectivity index (χ4v) is 3.13. The molecular formula is C12H16N6O. The van der Waals surface area contributed by atoms with Crippen molar-refractivity contribution in [2.75, 3.05) is 11.9 Å². The molecule has 0 radical (unpaired) electrons. The van der Waals surface area contributed by atoms with E-state index in [1.165, 1.54) is 0 Å². The third-order valence-electron chi connectivity index (χ3n) is 4.25. The van der Waals surface area contributed by atoms with Crippen LogP contribution in [-0.2, 0) is 4.74 Å². The van der Waals surface area contributed by atoms with Crippen molar-refractivity contribution in [2.45, 2.75) is 31.5 Å². The molecule has 100 valence electrons. The van der Waals surface area contributed by atoms with Gasteiger partial charge in [0.15, 0.2) is 5.82 Å². The van der Waals surface area contributed by atoms with Crippen LogP contribution in [0.3, 0.4) is 0 Å². The lowest BCUT2D eigenvalue weighted by Gasteiger charge is -2.45. The SMILES string of the molecule is Cc1nnc2c(NC3C(N)C4CCOC43)nccn12. The summed E-state index contributed by atoms with van der Waals surface area (Å²) in [5.41, 5.74) is 6.92. The van der Waals surface area contributed by atoms with E-state index in [1.54, 1.807) is 6.20 Å². The highest BCUT2D eigenvalue weighted by Crippen LogP contribution is 2.39. The minimum Gasteiger partial charge on any atom is -0.376 e. The van der Waals surface area contributed by atoms with E-state index in [4.69, 9.17) is 10.5 Å². The number of aryl methyl sites for hydroxylation is 1. The van der Waals surface area contributed by atoms with Crippen LogP contribution in [0.25, 0.3) is 5.65 Å². The normalized spacial score (nSPS) is 33.2. The van der Waals surface area contributed by atoms with Crippen molar-refractivity contribution in [3.8, 4) is 0 Å². The Labute approximate surface area is 110 Å². The Bertz CT molecular complexity index is 626. The summed E-state index contributed by atoms with van der Waals surface area (Å²) in [6, 6.07) is 0.238. The van der Waals surface area contributed by atoms with Gasteiger partial charge in [-0.25, -0.2) is 4.98 Å². The highest BCUT2D eigenvalue weighted by molar-refractivity contribution is 5.63. The Kier molecular flexibility index (Phi) is 2.27. The second kappa shape index (κ2) is 3.88. The largest absolute Gasteiger partial charge is 0.376 e. The number of nitrogens with one attached hydrogen (secondary N) is 1. The first-order valence-corrected chi connectivity index (χ1v) is 6.56. The van der Waals surface area contributed by atoms with Gasteiger partial charge in [0.05, 0.1) is 12.1 Å². The molecule has 0 bridgehead atoms. The number of ether oxygens (including phenoxy) is 1. The number of aromatic nitrogens is 4. The van der Waals surface area contributed by atoms with Crippen molar-refractivity contribution < 1.29 is 4.74 Å². The molecule has 2 fully saturated rings. The predicted octanol–water partition coefficient (Wildman–Crippen LogP) is -0.0408. The van der Waals surface area contributed by atoms with Gasteiger partial charge < -0.3 is 15.8 Å². The van der Waals surface area contributed by atoms with E-state index in [1.807, 2.05) is 17.5 Å². The molecule has 2 aromatic rings. The van der Waals surface area contributed by atoms with Gasteiger partial charge in [0.25, 0.3) is 0 Å². The Balaban J connectivity index is 1.65. The standard InChI is InChI=1S/C12H16N6O/c1-6-16-17-12-11(14-3-4-18(6)12)15-9-8(13)7-2-5-19-10(7)9/h3-4,7-10H,2,5,13H2,1H3,(H,14,15). The van der Waals surface area contributed by atoms with Crippen molar-refractivity contribution in [2.24, 2.45) is 11.7 Å². The van der Waals surface area contributed by atoms with Gasteiger partial charge in [0, 0.05) is 31.0 Å². The molecule has 4 unspecified atom stereocenters. The molecule has 1 aliphatic heterocycles. The summed E-state index contributed by atoms with van der Waals surface area (Å²) in [5, 5.41) is 11.6. The third kappa shape index (κ3) is 1.48. The van der Waals surface area contributed by atoms with Crippen LogP contribution in [-0.4, -0.2) is 44.4 Å². The maximum absolute atomic E-state index is 6.19. The monoisotopic (exact) mass is 260 g/mol. The maximum Gasteiger partial charge on any atom is 0.203 e. The van der Waals surface area contributed by atoms with Crippen molar-refractivity contribution in [3.63, 3.8) is 0 Å². The first-order chi connectivity index (χ1) is 9.25. The molecule has 0 aromatic carbocycles.